The first kappa shape index (κ1) is 12.9. The molecule has 0 heterocycles. The van der Waals surface area contributed by atoms with Crippen molar-refractivity contribution in [3.63, 3.8) is 0 Å². The Labute approximate surface area is 96.4 Å². The lowest BCUT2D eigenvalue weighted by molar-refractivity contribution is -0.0505. The standard InChI is InChI=1S/C11H9F2NO3/c1-6-3-4-7(10(15)16-2)8(5-14)9(6)17-11(12)13/h3-4,11H,1-2H3. The molecule has 0 bridgehead atoms. The molecule has 1 rings (SSSR count). The fraction of sp³-hybridized carbons (Fsp3) is 0.273. The van der Waals surface area contributed by atoms with Crippen molar-refractivity contribution >= 4 is 5.97 Å². The number of halogens is 2. The number of nitriles is 1. The summed E-state index contributed by atoms with van der Waals surface area (Å²) in [5, 5.41) is 8.90. The fourth-order valence-corrected chi connectivity index (χ4v) is 1.32. The number of alkyl halides is 2. The average molecular weight is 241 g/mol. The van der Waals surface area contributed by atoms with Gasteiger partial charge in [0.15, 0.2) is 0 Å². The maximum atomic E-state index is 12.2. The van der Waals surface area contributed by atoms with Gasteiger partial charge < -0.3 is 9.47 Å². The molecule has 0 unspecified atom stereocenters. The quantitative estimate of drug-likeness (QED) is 0.761. The van der Waals surface area contributed by atoms with Crippen LogP contribution in [0.15, 0.2) is 12.1 Å². The Bertz CT molecular complexity index is 480. The molecule has 6 heteroatoms. The van der Waals surface area contributed by atoms with Crippen LogP contribution in [-0.4, -0.2) is 19.7 Å². The van der Waals surface area contributed by atoms with Crippen molar-refractivity contribution in [1.82, 2.24) is 0 Å². The van der Waals surface area contributed by atoms with E-state index in [0.29, 0.717) is 5.56 Å². The van der Waals surface area contributed by atoms with Crippen LogP contribution < -0.4 is 4.74 Å². The zero-order valence-corrected chi connectivity index (χ0v) is 9.16. The monoisotopic (exact) mass is 241 g/mol. The van der Waals surface area contributed by atoms with E-state index < -0.39 is 12.6 Å². The number of rotatable bonds is 3. The van der Waals surface area contributed by atoms with Gasteiger partial charge in [0, 0.05) is 0 Å². The second-order valence-electron chi connectivity index (χ2n) is 3.12. The fourth-order valence-electron chi connectivity index (χ4n) is 1.32. The Morgan fingerprint density at radius 2 is 2.12 bits per heavy atom. The van der Waals surface area contributed by atoms with Crippen molar-refractivity contribution in [2.24, 2.45) is 0 Å². The number of methoxy groups -OCH3 is 1. The Kier molecular flexibility index (Phi) is 3.99. The normalized spacial score (nSPS) is 9.88. The molecule has 0 amide bonds. The van der Waals surface area contributed by atoms with Gasteiger partial charge in [-0.2, -0.15) is 14.0 Å². The van der Waals surface area contributed by atoms with Crippen LogP contribution in [0.2, 0.25) is 0 Å². The molecule has 0 saturated carbocycles. The van der Waals surface area contributed by atoms with E-state index in [9.17, 15) is 13.6 Å². The highest BCUT2D eigenvalue weighted by molar-refractivity contribution is 5.93. The molecule has 0 aliphatic heterocycles. The minimum atomic E-state index is -3.06. The van der Waals surface area contributed by atoms with E-state index in [1.807, 2.05) is 0 Å². The molecule has 1 aromatic carbocycles. The van der Waals surface area contributed by atoms with Crippen molar-refractivity contribution < 1.29 is 23.0 Å². The third-order valence-electron chi connectivity index (χ3n) is 2.08. The molecule has 0 aliphatic rings. The molecule has 0 saturated heterocycles. The minimum Gasteiger partial charge on any atom is -0.465 e. The van der Waals surface area contributed by atoms with E-state index in [2.05, 4.69) is 9.47 Å². The van der Waals surface area contributed by atoms with E-state index in [-0.39, 0.29) is 16.9 Å². The molecular weight excluding hydrogens is 232 g/mol. The van der Waals surface area contributed by atoms with Crippen LogP contribution >= 0.6 is 0 Å². The smallest absolute Gasteiger partial charge is 0.387 e. The zero-order valence-electron chi connectivity index (χ0n) is 9.16. The van der Waals surface area contributed by atoms with Crippen LogP contribution in [0.5, 0.6) is 5.75 Å². The predicted molar refractivity (Wildman–Crippen MR) is 53.9 cm³/mol. The molecule has 0 aliphatic carbocycles. The van der Waals surface area contributed by atoms with Crippen LogP contribution in [0.25, 0.3) is 0 Å². The van der Waals surface area contributed by atoms with Gasteiger partial charge in [-0.3, -0.25) is 0 Å². The summed E-state index contributed by atoms with van der Waals surface area (Å²) in [6.07, 6.45) is 0. The van der Waals surface area contributed by atoms with Crippen molar-refractivity contribution in [3.8, 4) is 11.8 Å². The van der Waals surface area contributed by atoms with Crippen molar-refractivity contribution in [1.29, 1.82) is 5.26 Å². The van der Waals surface area contributed by atoms with Gasteiger partial charge in [0.2, 0.25) is 0 Å². The first-order valence-electron chi connectivity index (χ1n) is 4.58. The second-order valence-corrected chi connectivity index (χ2v) is 3.12. The largest absolute Gasteiger partial charge is 0.465 e. The summed E-state index contributed by atoms with van der Waals surface area (Å²) >= 11 is 0. The number of esters is 1. The average Bonchev–Trinajstić information content (AvgIpc) is 2.30. The molecule has 17 heavy (non-hydrogen) atoms. The summed E-state index contributed by atoms with van der Waals surface area (Å²) in [7, 11) is 1.14. The lowest BCUT2D eigenvalue weighted by Gasteiger charge is -2.11. The highest BCUT2D eigenvalue weighted by Gasteiger charge is 2.20. The van der Waals surface area contributed by atoms with Crippen LogP contribution in [0, 0.1) is 18.3 Å². The zero-order chi connectivity index (χ0) is 13.0. The lowest BCUT2D eigenvalue weighted by Crippen LogP contribution is -2.10. The molecule has 4 nitrogen and oxygen atoms in total. The topological polar surface area (TPSA) is 59.3 Å². The van der Waals surface area contributed by atoms with Gasteiger partial charge in [0.25, 0.3) is 0 Å². The molecular formula is C11H9F2NO3. The summed E-state index contributed by atoms with van der Waals surface area (Å²) in [6, 6.07) is 4.41. The highest BCUT2D eigenvalue weighted by Crippen LogP contribution is 2.28. The number of benzene rings is 1. The van der Waals surface area contributed by atoms with Crippen molar-refractivity contribution in [2.75, 3.05) is 7.11 Å². The molecule has 0 atom stereocenters. The van der Waals surface area contributed by atoms with Crippen molar-refractivity contribution in [3.05, 3.63) is 28.8 Å². The molecule has 90 valence electrons. The first-order chi connectivity index (χ1) is 8.01. The number of ether oxygens (including phenoxy) is 2. The summed E-state index contributed by atoms with van der Waals surface area (Å²) in [5.41, 5.74) is -0.0112. The van der Waals surface area contributed by atoms with Crippen molar-refractivity contribution in [2.45, 2.75) is 13.5 Å². The number of nitrogens with zero attached hydrogens (tertiary/aromatic N) is 1. The van der Waals surface area contributed by atoms with Crippen LogP contribution in [0.4, 0.5) is 8.78 Å². The van der Waals surface area contributed by atoms with E-state index in [4.69, 9.17) is 5.26 Å². The number of hydrogen-bond donors (Lipinski definition) is 0. The van der Waals surface area contributed by atoms with Gasteiger partial charge in [-0.25, -0.2) is 4.79 Å². The number of carbonyl (C=O) groups excluding carboxylic acids is 1. The lowest BCUT2D eigenvalue weighted by atomic mass is 10.0. The van der Waals surface area contributed by atoms with Gasteiger partial charge in [0.05, 0.1) is 12.7 Å². The molecule has 0 aromatic heterocycles. The van der Waals surface area contributed by atoms with E-state index >= 15 is 0 Å². The summed E-state index contributed by atoms with van der Waals surface area (Å²) < 4.78 is 33.1. The second kappa shape index (κ2) is 5.25. The van der Waals surface area contributed by atoms with E-state index in [1.165, 1.54) is 19.1 Å². The van der Waals surface area contributed by atoms with Gasteiger partial charge in [-0.05, 0) is 18.6 Å². The van der Waals surface area contributed by atoms with Gasteiger partial charge in [-0.1, -0.05) is 6.07 Å². The Morgan fingerprint density at radius 1 is 1.47 bits per heavy atom. The third-order valence-corrected chi connectivity index (χ3v) is 2.08. The summed E-state index contributed by atoms with van der Waals surface area (Å²) in [5.74, 6) is -1.08. The van der Waals surface area contributed by atoms with Crippen LogP contribution in [-0.2, 0) is 4.74 Å². The van der Waals surface area contributed by atoms with Crippen LogP contribution in [0.1, 0.15) is 21.5 Å². The molecule has 1 aromatic rings. The molecule has 0 spiro atoms. The maximum Gasteiger partial charge on any atom is 0.387 e. The molecule has 0 fully saturated rings. The Morgan fingerprint density at radius 3 is 2.59 bits per heavy atom. The first-order valence-corrected chi connectivity index (χ1v) is 4.58. The van der Waals surface area contributed by atoms with Gasteiger partial charge in [0.1, 0.15) is 17.4 Å². The molecule has 0 N–H and O–H groups in total. The Hall–Kier alpha value is -2.16. The number of aryl methyl sites for hydroxylation is 1. The summed E-state index contributed by atoms with van der Waals surface area (Å²) in [4.78, 5) is 11.3. The summed E-state index contributed by atoms with van der Waals surface area (Å²) in [6.45, 7) is -1.56. The van der Waals surface area contributed by atoms with E-state index in [1.54, 1.807) is 6.07 Å². The van der Waals surface area contributed by atoms with Crippen LogP contribution in [0.3, 0.4) is 0 Å². The minimum absolute atomic E-state index is 0.101. The van der Waals surface area contributed by atoms with E-state index in [0.717, 1.165) is 7.11 Å². The maximum absolute atomic E-state index is 12.2. The number of carbonyl (C=O) groups is 1. The van der Waals surface area contributed by atoms with Gasteiger partial charge >= 0.3 is 12.6 Å². The Balaban J connectivity index is 3.37. The third kappa shape index (κ3) is 2.69. The predicted octanol–water partition coefficient (Wildman–Crippen LogP) is 2.25. The number of hydrogen-bond acceptors (Lipinski definition) is 4. The molecule has 0 radical (unpaired) electrons. The highest BCUT2D eigenvalue weighted by atomic mass is 19.3. The van der Waals surface area contributed by atoms with Gasteiger partial charge in [-0.15, -0.1) is 0 Å². The SMILES string of the molecule is COC(=O)c1ccc(C)c(OC(F)F)c1C#N.